The predicted octanol–water partition coefficient (Wildman–Crippen LogP) is 2.31. The number of amides is 1. The van der Waals surface area contributed by atoms with Crippen LogP contribution in [0, 0.1) is 13.8 Å². The minimum atomic E-state index is 0.190. The highest BCUT2D eigenvalue weighted by atomic mass is 32.1. The summed E-state index contributed by atoms with van der Waals surface area (Å²) >= 11 is 1.66. The number of piperazine rings is 1. The Kier molecular flexibility index (Phi) is 4.19. The molecule has 1 amide bonds. The average Bonchev–Trinajstić information content (AvgIpc) is 2.71. The van der Waals surface area contributed by atoms with Gasteiger partial charge >= 0.3 is 0 Å². The Morgan fingerprint density at radius 1 is 1.39 bits per heavy atom. The van der Waals surface area contributed by atoms with Gasteiger partial charge in [0.15, 0.2) is 0 Å². The molecule has 0 unspecified atom stereocenters. The minimum absolute atomic E-state index is 0.190. The van der Waals surface area contributed by atoms with E-state index < -0.39 is 0 Å². The molecule has 1 aromatic heterocycles. The molecule has 0 spiro atoms. The molecule has 2 heterocycles. The summed E-state index contributed by atoms with van der Waals surface area (Å²) in [7, 11) is 0. The van der Waals surface area contributed by atoms with Crippen molar-refractivity contribution in [2.45, 2.75) is 13.8 Å². The summed E-state index contributed by atoms with van der Waals surface area (Å²) in [5, 5.41) is 1.99. The molecule has 1 aliphatic heterocycles. The lowest BCUT2D eigenvalue weighted by Crippen LogP contribution is -2.48. The van der Waals surface area contributed by atoms with Crippen LogP contribution in [-0.4, -0.2) is 48.4 Å². The van der Waals surface area contributed by atoms with Gasteiger partial charge in [-0.25, -0.2) is 0 Å². The third-order valence-electron chi connectivity index (χ3n) is 3.56. The highest BCUT2D eigenvalue weighted by Gasteiger charge is 2.23. The molecule has 0 aromatic carbocycles. The number of hydrogen-bond donors (Lipinski definition) is 0. The van der Waals surface area contributed by atoms with Crippen molar-refractivity contribution in [1.82, 2.24) is 9.80 Å². The molecular weight excluding hydrogens is 244 g/mol. The summed E-state index contributed by atoms with van der Waals surface area (Å²) in [6.07, 6.45) is 1.92. The largest absolute Gasteiger partial charge is 0.336 e. The van der Waals surface area contributed by atoms with Crippen LogP contribution in [-0.2, 0) is 0 Å². The van der Waals surface area contributed by atoms with Crippen molar-refractivity contribution in [3.8, 4) is 0 Å². The van der Waals surface area contributed by atoms with Gasteiger partial charge in [-0.15, -0.1) is 17.9 Å². The van der Waals surface area contributed by atoms with Crippen LogP contribution in [0.5, 0.6) is 0 Å². The highest BCUT2D eigenvalue weighted by molar-refractivity contribution is 7.10. The van der Waals surface area contributed by atoms with E-state index in [-0.39, 0.29) is 5.91 Å². The SMILES string of the molecule is C=CCN1CCN(C(=O)c2csc(C)c2C)CC1. The molecule has 0 bridgehead atoms. The molecule has 4 heteroatoms. The quantitative estimate of drug-likeness (QED) is 0.782. The molecule has 2 rings (SSSR count). The Morgan fingerprint density at radius 3 is 2.56 bits per heavy atom. The highest BCUT2D eigenvalue weighted by Crippen LogP contribution is 2.22. The van der Waals surface area contributed by atoms with Crippen molar-refractivity contribution < 1.29 is 4.79 Å². The van der Waals surface area contributed by atoms with Gasteiger partial charge in [-0.3, -0.25) is 9.69 Å². The van der Waals surface area contributed by atoms with E-state index in [0.29, 0.717) is 0 Å². The smallest absolute Gasteiger partial charge is 0.255 e. The van der Waals surface area contributed by atoms with E-state index in [1.165, 1.54) is 4.88 Å². The van der Waals surface area contributed by atoms with E-state index in [0.717, 1.165) is 43.9 Å². The van der Waals surface area contributed by atoms with Gasteiger partial charge in [0.1, 0.15) is 0 Å². The Bertz CT molecular complexity index is 445. The molecule has 0 saturated carbocycles. The van der Waals surface area contributed by atoms with Crippen LogP contribution >= 0.6 is 11.3 Å². The number of thiophene rings is 1. The molecule has 0 atom stereocenters. The van der Waals surface area contributed by atoms with E-state index in [1.807, 2.05) is 23.3 Å². The Hall–Kier alpha value is -1.13. The van der Waals surface area contributed by atoms with Gasteiger partial charge in [-0.2, -0.15) is 0 Å². The summed E-state index contributed by atoms with van der Waals surface area (Å²) in [4.78, 5) is 17.9. The Morgan fingerprint density at radius 2 is 2.06 bits per heavy atom. The number of carbonyl (C=O) groups excluding carboxylic acids is 1. The molecule has 1 saturated heterocycles. The topological polar surface area (TPSA) is 23.6 Å². The van der Waals surface area contributed by atoms with Crippen molar-refractivity contribution in [1.29, 1.82) is 0 Å². The number of aryl methyl sites for hydroxylation is 1. The number of nitrogens with zero attached hydrogens (tertiary/aromatic N) is 2. The zero-order valence-electron chi connectivity index (χ0n) is 11.1. The van der Waals surface area contributed by atoms with Gasteiger partial charge in [0.05, 0.1) is 5.56 Å². The first-order chi connectivity index (χ1) is 8.63. The van der Waals surface area contributed by atoms with Crippen molar-refractivity contribution in [2.24, 2.45) is 0 Å². The molecule has 98 valence electrons. The van der Waals surface area contributed by atoms with Crippen molar-refractivity contribution in [3.63, 3.8) is 0 Å². The average molecular weight is 264 g/mol. The van der Waals surface area contributed by atoms with Crippen LogP contribution in [0.15, 0.2) is 18.0 Å². The maximum Gasteiger partial charge on any atom is 0.255 e. The summed E-state index contributed by atoms with van der Waals surface area (Å²) in [6, 6.07) is 0. The minimum Gasteiger partial charge on any atom is -0.336 e. The predicted molar refractivity (Wildman–Crippen MR) is 76.3 cm³/mol. The van der Waals surface area contributed by atoms with Gasteiger partial charge in [-0.05, 0) is 19.4 Å². The molecule has 18 heavy (non-hydrogen) atoms. The number of rotatable bonds is 3. The monoisotopic (exact) mass is 264 g/mol. The second-order valence-electron chi connectivity index (χ2n) is 4.71. The van der Waals surface area contributed by atoms with Crippen molar-refractivity contribution in [2.75, 3.05) is 32.7 Å². The molecule has 1 aliphatic rings. The van der Waals surface area contributed by atoms with Gasteiger partial charge < -0.3 is 4.90 Å². The van der Waals surface area contributed by atoms with Crippen molar-refractivity contribution >= 4 is 17.2 Å². The normalized spacial score (nSPS) is 16.9. The van der Waals surface area contributed by atoms with E-state index in [4.69, 9.17) is 0 Å². The molecular formula is C14H20N2OS. The fraction of sp³-hybridized carbons (Fsp3) is 0.500. The second kappa shape index (κ2) is 5.67. The number of carbonyl (C=O) groups is 1. The molecule has 0 N–H and O–H groups in total. The summed E-state index contributed by atoms with van der Waals surface area (Å²) in [6.45, 7) is 12.3. The Labute approximate surface area is 113 Å². The molecule has 3 nitrogen and oxygen atoms in total. The summed E-state index contributed by atoms with van der Waals surface area (Å²) < 4.78 is 0. The third-order valence-corrected chi connectivity index (χ3v) is 4.58. The van der Waals surface area contributed by atoms with Crippen LogP contribution in [0.1, 0.15) is 20.8 Å². The molecule has 1 aromatic rings. The van der Waals surface area contributed by atoms with Crippen LogP contribution in [0.25, 0.3) is 0 Å². The lowest BCUT2D eigenvalue weighted by atomic mass is 10.1. The molecule has 0 aliphatic carbocycles. The van der Waals surface area contributed by atoms with Crippen LogP contribution in [0.4, 0.5) is 0 Å². The summed E-state index contributed by atoms with van der Waals surface area (Å²) in [5.41, 5.74) is 2.02. The fourth-order valence-corrected chi connectivity index (χ4v) is 3.07. The van der Waals surface area contributed by atoms with Crippen molar-refractivity contribution in [3.05, 3.63) is 34.0 Å². The van der Waals surface area contributed by atoms with E-state index in [1.54, 1.807) is 11.3 Å². The first-order valence-corrected chi connectivity index (χ1v) is 7.18. The van der Waals surface area contributed by atoms with E-state index in [2.05, 4.69) is 18.4 Å². The summed E-state index contributed by atoms with van der Waals surface area (Å²) in [5.74, 6) is 0.190. The standard InChI is InChI=1S/C14H20N2OS/c1-4-5-15-6-8-16(9-7-15)14(17)13-10-18-12(3)11(13)2/h4,10H,1,5-9H2,2-3H3. The maximum absolute atomic E-state index is 12.4. The first kappa shape index (κ1) is 13.3. The van der Waals surface area contributed by atoms with Gasteiger partial charge in [0.25, 0.3) is 5.91 Å². The number of hydrogen-bond acceptors (Lipinski definition) is 3. The van der Waals surface area contributed by atoms with Crippen LogP contribution in [0.3, 0.4) is 0 Å². The van der Waals surface area contributed by atoms with E-state index in [9.17, 15) is 4.79 Å². The van der Waals surface area contributed by atoms with Gasteiger partial charge in [0, 0.05) is 43.0 Å². The van der Waals surface area contributed by atoms with E-state index >= 15 is 0 Å². The van der Waals surface area contributed by atoms with Crippen LogP contribution in [0.2, 0.25) is 0 Å². The van der Waals surface area contributed by atoms with Crippen LogP contribution < -0.4 is 0 Å². The fourth-order valence-electron chi connectivity index (χ4n) is 2.21. The van der Waals surface area contributed by atoms with Gasteiger partial charge in [-0.1, -0.05) is 6.08 Å². The third kappa shape index (κ3) is 2.65. The van der Waals surface area contributed by atoms with Gasteiger partial charge in [0.2, 0.25) is 0 Å². The lowest BCUT2D eigenvalue weighted by Gasteiger charge is -2.34. The maximum atomic E-state index is 12.4. The zero-order valence-corrected chi connectivity index (χ0v) is 11.9. The molecule has 1 fully saturated rings. The Balaban J connectivity index is 1.99. The zero-order chi connectivity index (χ0) is 13.1. The second-order valence-corrected chi connectivity index (χ2v) is 5.80. The first-order valence-electron chi connectivity index (χ1n) is 6.30. The molecule has 0 radical (unpaired) electrons. The lowest BCUT2D eigenvalue weighted by molar-refractivity contribution is 0.0650.